The minimum Gasteiger partial charge on any atom is -0.115 e. The molecule has 0 N–H and O–H groups in total. The van der Waals surface area contributed by atoms with Crippen LogP contribution in [0.5, 0.6) is 0 Å². The Morgan fingerprint density at radius 3 is 2.20 bits per heavy atom. The molecule has 0 radical (unpaired) electrons. The predicted molar refractivity (Wildman–Crippen MR) is 44.6 cm³/mol. The van der Waals surface area contributed by atoms with E-state index in [1.807, 2.05) is 0 Å². The topological polar surface area (TPSA) is 0 Å². The Bertz CT molecular complexity index is 34.6. The molecule has 0 fully saturated rings. The summed E-state index contributed by atoms with van der Waals surface area (Å²) in [4.78, 5) is 0. The van der Waals surface area contributed by atoms with E-state index in [4.69, 9.17) is 20.5 Å². The van der Waals surface area contributed by atoms with E-state index in [0.717, 1.165) is 3.89 Å². The lowest BCUT2D eigenvalue weighted by atomic mass is 12.0. The number of hydrogen-bond donors (Lipinski definition) is 0. The number of rotatable bonds is 1. The van der Waals surface area contributed by atoms with Crippen molar-refractivity contribution in [3.63, 3.8) is 0 Å². The zero-order valence-corrected chi connectivity index (χ0v) is 8.05. The second-order valence-corrected chi connectivity index (χ2v) is 13.9. The zero-order valence-electron chi connectivity index (χ0n) is 2.22. The van der Waals surface area contributed by atoms with Crippen LogP contribution in [0, 0.1) is 0 Å². The van der Waals surface area contributed by atoms with Gasteiger partial charge in [0.25, 0.3) is 0 Å². The highest BCUT2D eigenvalue weighted by molar-refractivity contribution is 14.8. The first-order valence-electron chi connectivity index (χ1n) is 0.820. The van der Waals surface area contributed by atoms with Gasteiger partial charge in [0.15, 0.2) is 0 Å². The Kier molecular flexibility index (Phi) is 8.50. The quantitative estimate of drug-likeness (QED) is 0.509. The Hall–Kier alpha value is 2.04. The monoisotopic (exact) mass is 338 g/mol. The maximum absolute atomic E-state index is 5.38. The molecule has 0 aromatic carbocycles. The third-order valence-electron chi connectivity index (χ3n) is 0.0764. The minimum absolute atomic E-state index is 0.0576. The molecule has 0 unspecified atom stereocenters. The van der Waals surface area contributed by atoms with Gasteiger partial charge in [-0.3, -0.25) is 0 Å². The van der Waals surface area contributed by atoms with Gasteiger partial charge in [0.2, 0.25) is 0 Å². The Balaban J connectivity index is 2.62. The Morgan fingerprint density at radius 2 is 2.20 bits per heavy atom. The number of hydrogen-bond acceptors (Lipinski definition) is 0. The standard InChI is InChI=1S/CH2Cl2I2/c2-1-4-5-3/h1H2. The highest BCUT2D eigenvalue weighted by Gasteiger charge is 1.58. The average molecular weight is 339 g/mol. The number of alkyl halides is 2. The van der Waals surface area contributed by atoms with Crippen molar-refractivity contribution < 1.29 is 0 Å². The largest absolute Gasteiger partial charge is 0.115 e. The van der Waals surface area contributed by atoms with E-state index in [1.54, 1.807) is 0 Å². The van der Waals surface area contributed by atoms with Crippen molar-refractivity contribution in [1.29, 1.82) is 0 Å². The second kappa shape index (κ2) is 6.04. The van der Waals surface area contributed by atoms with Crippen LogP contribution in [-0.4, -0.2) is 3.89 Å². The molecule has 4 heteroatoms. The Labute approximate surface area is 55.6 Å². The van der Waals surface area contributed by atoms with Gasteiger partial charge in [-0.25, -0.2) is 0 Å². The van der Waals surface area contributed by atoms with E-state index in [0.29, 0.717) is 0 Å². The molecule has 0 nitrogen and oxygen atoms in total. The van der Waals surface area contributed by atoms with Crippen molar-refractivity contribution in [2.75, 3.05) is 3.89 Å². The highest BCUT2D eigenvalue weighted by atomic mass is 128. The van der Waals surface area contributed by atoms with Gasteiger partial charge >= 0.3 is 0 Å². The summed E-state index contributed by atoms with van der Waals surface area (Å²) in [6.07, 6.45) is 0. The van der Waals surface area contributed by atoms with Gasteiger partial charge in [0.05, 0.1) is 3.89 Å². The lowest BCUT2D eigenvalue weighted by Crippen LogP contribution is -1.26. The molecule has 0 rings (SSSR count). The second-order valence-electron chi connectivity index (χ2n) is 0.256. The fraction of sp³-hybridized carbons (Fsp3) is 1.00. The van der Waals surface area contributed by atoms with Gasteiger partial charge < -0.3 is 0 Å². The van der Waals surface area contributed by atoms with Crippen LogP contribution in [0.4, 0.5) is 0 Å². The molecule has 0 spiro atoms. The molecule has 0 amide bonds. The molecular formula is CH2Cl2I2. The van der Waals surface area contributed by atoms with Gasteiger partial charge in [0, 0.05) is 15.5 Å². The molecule has 0 saturated heterocycles. The van der Waals surface area contributed by atoms with Crippen LogP contribution < -0.4 is 0 Å². The molecule has 0 saturated carbocycles. The first-order valence-corrected chi connectivity index (χ1v) is 11.9. The molecule has 0 aromatic rings. The fourth-order valence-electron chi connectivity index (χ4n) is 0.0144. The average Bonchev–Trinajstić information content (AvgIpc) is 1.41. The van der Waals surface area contributed by atoms with Crippen molar-refractivity contribution in [2.24, 2.45) is 0 Å². The summed E-state index contributed by atoms with van der Waals surface area (Å²) in [6, 6.07) is 0. The molecular weight excluding hydrogens is 337 g/mol. The van der Waals surface area contributed by atoms with Crippen molar-refractivity contribution in [3.8, 4) is 0 Å². The van der Waals surface area contributed by atoms with Crippen LogP contribution >= 0.6 is 52.6 Å². The molecule has 0 aliphatic carbocycles. The maximum atomic E-state index is 5.38. The molecule has 0 heterocycles. The SMILES string of the molecule is ClC/I=I/Cl. The Morgan fingerprint density at radius 1 is 1.60 bits per heavy atom. The molecule has 0 bridgehead atoms. The van der Waals surface area contributed by atoms with Crippen molar-refractivity contribution in [3.05, 3.63) is 0 Å². The zero-order chi connectivity index (χ0) is 4.12. The summed E-state index contributed by atoms with van der Waals surface area (Å²) < 4.78 is 0.843. The van der Waals surface area contributed by atoms with Crippen LogP contribution in [0.2, 0.25) is 0 Å². The third-order valence-corrected chi connectivity index (χ3v) is 10.3. The summed E-state index contributed by atoms with van der Waals surface area (Å²) in [7, 11) is 5.38. The summed E-state index contributed by atoms with van der Waals surface area (Å²) in [5, 5.41) is 0. The van der Waals surface area contributed by atoms with Crippen molar-refractivity contribution >= 4 is 52.6 Å². The fourth-order valence-corrected chi connectivity index (χ4v) is 5.84. The van der Waals surface area contributed by atoms with Crippen molar-refractivity contribution in [2.45, 2.75) is 0 Å². The first-order chi connectivity index (χ1) is 2.41. The minimum atomic E-state index is 0.0576. The van der Waals surface area contributed by atoms with Gasteiger partial charge in [-0.15, -0.1) is 11.6 Å². The van der Waals surface area contributed by atoms with Gasteiger partial charge in [0.1, 0.15) is 0 Å². The van der Waals surface area contributed by atoms with Crippen LogP contribution in [0.15, 0.2) is 0 Å². The smallest absolute Gasteiger partial charge is 0.0751 e. The molecule has 34 valence electrons. The predicted octanol–water partition coefficient (Wildman–Crippen LogP) is 3.19. The molecule has 0 aromatic heterocycles. The van der Waals surface area contributed by atoms with E-state index in [2.05, 4.69) is 0 Å². The summed E-state index contributed by atoms with van der Waals surface area (Å²) in [5.41, 5.74) is 0. The van der Waals surface area contributed by atoms with E-state index in [9.17, 15) is 0 Å². The maximum Gasteiger partial charge on any atom is 0.0751 e. The highest BCUT2D eigenvalue weighted by Crippen LogP contribution is 2.21. The molecule has 0 aliphatic heterocycles. The molecule has 5 heavy (non-hydrogen) atoms. The third kappa shape index (κ3) is 6.04. The van der Waals surface area contributed by atoms with Crippen molar-refractivity contribution in [1.82, 2.24) is 0 Å². The summed E-state index contributed by atoms with van der Waals surface area (Å²) >= 11 is 5.62. The van der Waals surface area contributed by atoms with Crippen LogP contribution in [0.1, 0.15) is 0 Å². The summed E-state index contributed by atoms with van der Waals surface area (Å²) in [6.45, 7) is 0. The summed E-state index contributed by atoms with van der Waals surface area (Å²) in [5.74, 6) is 0. The normalized spacial score (nSPS) is 13.2. The van der Waals surface area contributed by atoms with Crippen LogP contribution in [0.25, 0.3) is 0 Å². The van der Waals surface area contributed by atoms with E-state index < -0.39 is 0 Å². The van der Waals surface area contributed by atoms with E-state index >= 15 is 0 Å². The molecule has 0 atom stereocenters. The number of halogens is 4. The lowest BCUT2D eigenvalue weighted by molar-refractivity contribution is 2.38. The first kappa shape index (κ1) is 7.04. The van der Waals surface area contributed by atoms with Gasteiger partial charge in [-0.05, 0) is 8.91 Å². The van der Waals surface area contributed by atoms with Crippen LogP contribution in [-0.2, 0) is 0 Å². The van der Waals surface area contributed by atoms with Gasteiger partial charge in [-0.1, -0.05) is 16.6 Å². The molecule has 0 aliphatic rings. The van der Waals surface area contributed by atoms with E-state index in [-0.39, 0.29) is 32.1 Å². The lowest BCUT2D eigenvalue weighted by Gasteiger charge is -1.59. The van der Waals surface area contributed by atoms with E-state index in [1.165, 1.54) is 0 Å². The van der Waals surface area contributed by atoms with Gasteiger partial charge in [-0.2, -0.15) is 0 Å². The van der Waals surface area contributed by atoms with Crippen LogP contribution in [0.3, 0.4) is 0 Å².